The van der Waals surface area contributed by atoms with Crippen molar-refractivity contribution in [2.45, 2.75) is 37.2 Å². The normalized spacial score (nSPS) is 13.7. The van der Waals surface area contributed by atoms with Crippen LogP contribution in [0.15, 0.2) is 34.0 Å². The Hall–Kier alpha value is -1.63. The van der Waals surface area contributed by atoms with Gasteiger partial charge in [-0.25, -0.2) is 4.98 Å². The van der Waals surface area contributed by atoms with Gasteiger partial charge < -0.3 is 4.98 Å². The molecule has 4 nitrogen and oxygen atoms in total. The number of benzene rings is 1. The van der Waals surface area contributed by atoms with Crippen molar-refractivity contribution >= 4 is 33.3 Å². The van der Waals surface area contributed by atoms with Crippen LogP contribution >= 0.6 is 23.1 Å². The van der Waals surface area contributed by atoms with Gasteiger partial charge in [-0.2, -0.15) is 0 Å². The number of thiophene rings is 1. The van der Waals surface area contributed by atoms with E-state index in [-0.39, 0.29) is 5.56 Å². The molecule has 25 heavy (non-hydrogen) atoms. The second-order valence-electron chi connectivity index (χ2n) is 6.57. The first-order chi connectivity index (χ1) is 12.1. The number of aromatic nitrogens is 2. The van der Waals surface area contributed by atoms with E-state index in [0.717, 1.165) is 41.8 Å². The van der Waals surface area contributed by atoms with Crippen molar-refractivity contribution in [2.24, 2.45) is 0 Å². The highest BCUT2D eigenvalue weighted by Gasteiger charge is 2.21. The minimum Gasteiger partial charge on any atom is -0.309 e. The zero-order chi connectivity index (χ0) is 17.4. The van der Waals surface area contributed by atoms with Crippen molar-refractivity contribution in [1.82, 2.24) is 14.9 Å². The molecule has 0 saturated carbocycles. The molecule has 0 spiro atoms. The quantitative estimate of drug-likeness (QED) is 0.693. The van der Waals surface area contributed by atoms with Gasteiger partial charge in [0.25, 0.3) is 5.56 Å². The van der Waals surface area contributed by atoms with Gasteiger partial charge in [0.15, 0.2) is 0 Å². The molecular formula is C19H21N3OS2. The van der Waals surface area contributed by atoms with Gasteiger partial charge in [0, 0.05) is 16.3 Å². The van der Waals surface area contributed by atoms with E-state index in [1.807, 2.05) is 0 Å². The summed E-state index contributed by atoms with van der Waals surface area (Å²) in [7, 11) is 2.06. The molecule has 0 radical (unpaired) electrons. The molecule has 2 aromatic heterocycles. The lowest BCUT2D eigenvalue weighted by molar-refractivity contribution is 0.310. The zero-order valence-electron chi connectivity index (χ0n) is 14.5. The fourth-order valence-corrected chi connectivity index (χ4v) is 5.17. The topological polar surface area (TPSA) is 49.0 Å². The van der Waals surface area contributed by atoms with Gasteiger partial charge in [-0.15, -0.1) is 23.1 Å². The Morgan fingerprint density at radius 2 is 2.04 bits per heavy atom. The summed E-state index contributed by atoms with van der Waals surface area (Å²) in [5.41, 5.74) is 2.53. The number of nitrogens with one attached hydrogen (secondary N) is 1. The van der Waals surface area contributed by atoms with Crippen molar-refractivity contribution < 1.29 is 0 Å². The number of H-pyrrole nitrogens is 1. The van der Waals surface area contributed by atoms with Gasteiger partial charge in [-0.05, 0) is 55.8 Å². The van der Waals surface area contributed by atoms with Crippen molar-refractivity contribution in [3.63, 3.8) is 0 Å². The van der Waals surface area contributed by atoms with E-state index in [1.165, 1.54) is 20.9 Å². The Labute approximate surface area is 155 Å². The van der Waals surface area contributed by atoms with Crippen LogP contribution in [0.25, 0.3) is 10.2 Å². The molecule has 1 aliphatic rings. The maximum absolute atomic E-state index is 12.5. The van der Waals surface area contributed by atoms with Gasteiger partial charge in [0.1, 0.15) is 10.7 Å². The molecule has 1 aromatic carbocycles. The van der Waals surface area contributed by atoms with Crippen LogP contribution in [-0.4, -0.2) is 28.2 Å². The summed E-state index contributed by atoms with van der Waals surface area (Å²) in [4.78, 5) is 26.0. The van der Waals surface area contributed by atoms with Gasteiger partial charge in [0.2, 0.25) is 0 Å². The van der Waals surface area contributed by atoms with E-state index in [2.05, 4.69) is 47.5 Å². The van der Waals surface area contributed by atoms with E-state index in [1.54, 1.807) is 23.1 Å². The molecule has 3 aromatic rings. The number of rotatable bonds is 5. The third-order valence-corrected chi connectivity index (χ3v) is 6.58. The van der Waals surface area contributed by atoms with E-state index in [9.17, 15) is 4.79 Å². The average molecular weight is 372 g/mol. The first-order valence-corrected chi connectivity index (χ1v) is 10.5. The van der Waals surface area contributed by atoms with E-state index >= 15 is 0 Å². The molecule has 0 bridgehead atoms. The third kappa shape index (κ3) is 3.38. The number of thioether (sulfide) groups is 1. The molecule has 6 heteroatoms. The lowest BCUT2D eigenvalue weighted by atomic mass is 10.2. The second-order valence-corrected chi connectivity index (χ2v) is 8.53. The number of hydrogen-bond acceptors (Lipinski definition) is 5. The minimum atomic E-state index is 0.0251. The van der Waals surface area contributed by atoms with Crippen molar-refractivity contribution in [1.29, 1.82) is 0 Å². The summed E-state index contributed by atoms with van der Waals surface area (Å²) in [6.45, 7) is 1.47. The summed E-state index contributed by atoms with van der Waals surface area (Å²) >= 11 is 3.45. The maximum Gasteiger partial charge on any atom is 0.259 e. The molecule has 0 aliphatic heterocycles. The molecule has 0 fully saturated rings. The predicted octanol–water partition coefficient (Wildman–Crippen LogP) is 3.83. The lowest BCUT2D eigenvalue weighted by Crippen LogP contribution is -2.21. The maximum atomic E-state index is 12.5. The summed E-state index contributed by atoms with van der Waals surface area (Å²) < 4.78 is 0. The molecule has 0 unspecified atom stereocenters. The van der Waals surface area contributed by atoms with E-state index in [0.29, 0.717) is 6.54 Å². The fourth-order valence-electron chi connectivity index (χ4n) is 3.48. The molecule has 1 N–H and O–H groups in total. The number of aryl methyl sites for hydroxylation is 2. The monoisotopic (exact) mass is 371 g/mol. The van der Waals surface area contributed by atoms with Crippen molar-refractivity contribution in [3.05, 3.63) is 56.4 Å². The first kappa shape index (κ1) is 16.8. The predicted molar refractivity (Wildman–Crippen MR) is 106 cm³/mol. The van der Waals surface area contributed by atoms with Gasteiger partial charge >= 0.3 is 0 Å². The van der Waals surface area contributed by atoms with Crippen LogP contribution in [0.3, 0.4) is 0 Å². The Balaban J connectivity index is 1.52. The SMILES string of the molecule is CSc1ccc(CN(C)Cc2nc3sc4c(c3c(=O)[nH]2)CCC4)cc1. The second kappa shape index (κ2) is 6.94. The molecule has 1 aliphatic carbocycles. The van der Waals surface area contributed by atoms with Crippen LogP contribution in [0.2, 0.25) is 0 Å². The molecule has 2 heterocycles. The molecule has 0 amide bonds. The highest BCUT2D eigenvalue weighted by atomic mass is 32.2. The van der Waals surface area contributed by atoms with Crippen LogP contribution < -0.4 is 5.56 Å². The van der Waals surface area contributed by atoms with Crippen LogP contribution in [0.5, 0.6) is 0 Å². The molecular weight excluding hydrogens is 350 g/mol. The van der Waals surface area contributed by atoms with E-state index in [4.69, 9.17) is 4.98 Å². The Bertz CT molecular complexity index is 959. The summed E-state index contributed by atoms with van der Waals surface area (Å²) in [6.07, 6.45) is 5.36. The molecule has 0 atom stereocenters. The summed E-state index contributed by atoms with van der Waals surface area (Å²) in [5, 5.41) is 0.830. The van der Waals surface area contributed by atoms with Gasteiger partial charge in [-0.1, -0.05) is 12.1 Å². The average Bonchev–Trinajstić information content (AvgIpc) is 3.15. The zero-order valence-corrected chi connectivity index (χ0v) is 16.1. The van der Waals surface area contributed by atoms with Crippen LogP contribution in [-0.2, 0) is 25.9 Å². The van der Waals surface area contributed by atoms with E-state index < -0.39 is 0 Å². The standard InChI is InChI=1S/C19H21N3OS2/c1-22(10-12-6-8-13(24-2)9-7-12)11-16-20-18(23)17-14-4-3-5-15(14)25-19(17)21-16/h6-9H,3-5,10-11H2,1-2H3,(H,20,21,23). The van der Waals surface area contributed by atoms with Crippen molar-refractivity contribution in [3.8, 4) is 0 Å². The highest BCUT2D eigenvalue weighted by Crippen LogP contribution is 2.34. The molecule has 4 rings (SSSR count). The smallest absolute Gasteiger partial charge is 0.259 e. The summed E-state index contributed by atoms with van der Waals surface area (Å²) in [6, 6.07) is 8.61. The largest absolute Gasteiger partial charge is 0.309 e. The first-order valence-electron chi connectivity index (χ1n) is 8.49. The lowest BCUT2D eigenvalue weighted by Gasteiger charge is -2.16. The van der Waals surface area contributed by atoms with Crippen LogP contribution in [0.4, 0.5) is 0 Å². The van der Waals surface area contributed by atoms with Crippen molar-refractivity contribution in [2.75, 3.05) is 13.3 Å². The molecule has 130 valence electrons. The van der Waals surface area contributed by atoms with Gasteiger partial charge in [-0.3, -0.25) is 9.69 Å². The Morgan fingerprint density at radius 3 is 2.80 bits per heavy atom. The minimum absolute atomic E-state index is 0.0251. The number of aromatic amines is 1. The number of fused-ring (bicyclic) bond motifs is 3. The number of hydrogen-bond donors (Lipinski definition) is 1. The highest BCUT2D eigenvalue weighted by molar-refractivity contribution is 7.98. The summed E-state index contributed by atoms with van der Waals surface area (Å²) in [5.74, 6) is 0.751. The Morgan fingerprint density at radius 1 is 1.24 bits per heavy atom. The third-order valence-electron chi connectivity index (χ3n) is 4.66. The van der Waals surface area contributed by atoms with Crippen LogP contribution in [0, 0.1) is 0 Å². The van der Waals surface area contributed by atoms with Gasteiger partial charge in [0.05, 0.1) is 11.9 Å². The van der Waals surface area contributed by atoms with Crippen LogP contribution in [0.1, 0.15) is 28.2 Å². The number of nitrogens with zero attached hydrogens (tertiary/aromatic N) is 2. The molecule has 0 saturated heterocycles. The fraction of sp³-hybridized carbons (Fsp3) is 0.368. The Kier molecular flexibility index (Phi) is 4.67.